The number of hydrogen-bond acceptors (Lipinski definition) is 5. The molecule has 25 heavy (non-hydrogen) atoms. The number of nitrogens with zero attached hydrogens (tertiary/aromatic N) is 1. The van der Waals surface area contributed by atoms with Crippen LogP contribution in [0.2, 0.25) is 0 Å². The van der Waals surface area contributed by atoms with Gasteiger partial charge in [0.1, 0.15) is 13.2 Å². The first kappa shape index (κ1) is 17.5. The molecule has 7 nitrogen and oxygen atoms in total. The molecule has 0 unspecified atom stereocenters. The SMILES string of the molecule is C[C@H]1C[C@H](C)CN(CC(=O)NC(=O)Nc2ccc3c(c2)OCCO3)C1. The van der Waals surface area contributed by atoms with Crippen molar-refractivity contribution >= 4 is 17.6 Å². The molecule has 0 radical (unpaired) electrons. The van der Waals surface area contributed by atoms with Crippen LogP contribution < -0.4 is 20.1 Å². The Bertz CT molecular complexity index is 639. The highest BCUT2D eigenvalue weighted by Gasteiger charge is 2.23. The van der Waals surface area contributed by atoms with E-state index >= 15 is 0 Å². The van der Waals surface area contributed by atoms with E-state index in [-0.39, 0.29) is 12.5 Å². The van der Waals surface area contributed by atoms with Crippen LogP contribution in [0.25, 0.3) is 0 Å². The zero-order valence-corrected chi connectivity index (χ0v) is 14.7. The number of piperidine rings is 1. The Hall–Kier alpha value is -2.28. The van der Waals surface area contributed by atoms with Gasteiger partial charge in [-0.3, -0.25) is 15.0 Å². The van der Waals surface area contributed by atoms with Crippen LogP contribution in [0.4, 0.5) is 10.5 Å². The summed E-state index contributed by atoms with van der Waals surface area (Å²) < 4.78 is 10.9. The van der Waals surface area contributed by atoms with Gasteiger partial charge >= 0.3 is 6.03 Å². The number of urea groups is 1. The largest absolute Gasteiger partial charge is 0.486 e. The van der Waals surface area contributed by atoms with Crippen molar-refractivity contribution in [3.05, 3.63) is 18.2 Å². The lowest BCUT2D eigenvalue weighted by Gasteiger charge is -2.34. The first-order valence-electron chi connectivity index (χ1n) is 8.72. The summed E-state index contributed by atoms with van der Waals surface area (Å²) in [6.07, 6.45) is 1.18. The molecule has 0 spiro atoms. The first-order valence-corrected chi connectivity index (χ1v) is 8.72. The van der Waals surface area contributed by atoms with E-state index in [1.807, 2.05) is 0 Å². The Kier molecular flexibility index (Phi) is 5.43. The lowest BCUT2D eigenvalue weighted by atomic mass is 9.92. The number of anilines is 1. The highest BCUT2D eigenvalue weighted by molar-refractivity contribution is 6.01. The van der Waals surface area contributed by atoms with Crippen LogP contribution in [-0.4, -0.2) is 49.7 Å². The van der Waals surface area contributed by atoms with Crippen molar-refractivity contribution in [1.29, 1.82) is 0 Å². The number of carbonyl (C=O) groups excluding carboxylic acids is 2. The maximum atomic E-state index is 12.1. The number of carbonyl (C=O) groups is 2. The van der Waals surface area contributed by atoms with E-state index in [9.17, 15) is 9.59 Å². The van der Waals surface area contributed by atoms with E-state index in [0.29, 0.717) is 42.2 Å². The van der Waals surface area contributed by atoms with Gasteiger partial charge in [-0.25, -0.2) is 4.79 Å². The van der Waals surface area contributed by atoms with E-state index in [0.717, 1.165) is 13.1 Å². The molecule has 2 heterocycles. The van der Waals surface area contributed by atoms with Crippen molar-refractivity contribution in [3.63, 3.8) is 0 Å². The third kappa shape index (κ3) is 4.85. The summed E-state index contributed by atoms with van der Waals surface area (Å²) in [5.74, 6) is 2.09. The molecular weight excluding hydrogens is 322 g/mol. The minimum atomic E-state index is -0.542. The van der Waals surface area contributed by atoms with Crippen LogP contribution in [0.1, 0.15) is 20.3 Å². The van der Waals surface area contributed by atoms with Crippen molar-refractivity contribution in [2.45, 2.75) is 20.3 Å². The Morgan fingerprint density at radius 3 is 2.52 bits per heavy atom. The Morgan fingerprint density at radius 2 is 1.80 bits per heavy atom. The van der Waals surface area contributed by atoms with Gasteiger partial charge in [-0.1, -0.05) is 13.8 Å². The monoisotopic (exact) mass is 347 g/mol. The number of amides is 3. The van der Waals surface area contributed by atoms with Gasteiger partial charge < -0.3 is 14.8 Å². The maximum Gasteiger partial charge on any atom is 0.325 e. The summed E-state index contributed by atoms with van der Waals surface area (Å²) in [5, 5.41) is 5.04. The minimum Gasteiger partial charge on any atom is -0.486 e. The lowest BCUT2D eigenvalue weighted by Crippen LogP contribution is -2.46. The highest BCUT2D eigenvalue weighted by Crippen LogP contribution is 2.32. The van der Waals surface area contributed by atoms with Gasteiger partial charge in [-0.2, -0.15) is 0 Å². The first-order chi connectivity index (χ1) is 12.0. The number of benzene rings is 1. The fourth-order valence-corrected chi connectivity index (χ4v) is 3.57. The maximum absolute atomic E-state index is 12.1. The molecule has 2 atom stereocenters. The average Bonchev–Trinajstić information content (AvgIpc) is 2.53. The summed E-state index contributed by atoms with van der Waals surface area (Å²) in [4.78, 5) is 26.2. The van der Waals surface area contributed by atoms with E-state index in [1.54, 1.807) is 18.2 Å². The second-order valence-corrected chi connectivity index (χ2v) is 7.00. The normalized spacial score (nSPS) is 23.0. The molecule has 3 rings (SSSR count). The molecule has 1 fully saturated rings. The third-order valence-electron chi connectivity index (χ3n) is 4.36. The number of rotatable bonds is 3. The molecular formula is C18H25N3O4. The summed E-state index contributed by atoms with van der Waals surface area (Å²) in [5.41, 5.74) is 0.551. The quantitative estimate of drug-likeness (QED) is 0.875. The minimum absolute atomic E-state index is 0.239. The summed E-state index contributed by atoms with van der Waals surface area (Å²) in [7, 11) is 0. The van der Waals surface area contributed by atoms with Gasteiger partial charge in [0.25, 0.3) is 0 Å². The number of nitrogens with one attached hydrogen (secondary N) is 2. The van der Waals surface area contributed by atoms with Gasteiger partial charge in [0, 0.05) is 24.8 Å². The predicted molar refractivity (Wildman–Crippen MR) is 94.0 cm³/mol. The van der Waals surface area contributed by atoms with Crippen LogP contribution >= 0.6 is 0 Å². The van der Waals surface area contributed by atoms with Crippen molar-refractivity contribution in [2.24, 2.45) is 11.8 Å². The number of imide groups is 1. The fraction of sp³-hybridized carbons (Fsp3) is 0.556. The molecule has 0 saturated carbocycles. The van der Waals surface area contributed by atoms with E-state index in [1.165, 1.54) is 6.42 Å². The molecule has 1 aromatic carbocycles. The molecule has 2 aliphatic heterocycles. The smallest absolute Gasteiger partial charge is 0.325 e. The second-order valence-electron chi connectivity index (χ2n) is 7.00. The highest BCUT2D eigenvalue weighted by atomic mass is 16.6. The number of hydrogen-bond donors (Lipinski definition) is 2. The number of likely N-dealkylation sites (tertiary alicyclic amines) is 1. The van der Waals surface area contributed by atoms with Crippen molar-refractivity contribution < 1.29 is 19.1 Å². The molecule has 1 saturated heterocycles. The molecule has 0 aliphatic carbocycles. The second kappa shape index (κ2) is 7.74. The number of fused-ring (bicyclic) bond motifs is 1. The van der Waals surface area contributed by atoms with Gasteiger partial charge in [0.05, 0.1) is 6.54 Å². The van der Waals surface area contributed by atoms with Gasteiger partial charge in [0.2, 0.25) is 5.91 Å². The van der Waals surface area contributed by atoms with Crippen LogP contribution in [0.3, 0.4) is 0 Å². The Labute approximate surface area is 147 Å². The zero-order chi connectivity index (χ0) is 17.8. The van der Waals surface area contributed by atoms with Crippen LogP contribution in [-0.2, 0) is 4.79 Å². The molecule has 2 N–H and O–H groups in total. The van der Waals surface area contributed by atoms with E-state index in [2.05, 4.69) is 29.4 Å². The van der Waals surface area contributed by atoms with Gasteiger partial charge in [-0.05, 0) is 30.4 Å². The molecule has 0 aromatic heterocycles. The standard InChI is InChI=1S/C18H25N3O4/c1-12-7-13(2)10-21(9-12)11-17(22)20-18(23)19-14-3-4-15-16(8-14)25-6-5-24-15/h3-4,8,12-13H,5-7,9-11H2,1-2H3,(H2,19,20,22,23)/t12-,13-/m0/s1. The van der Waals surface area contributed by atoms with E-state index in [4.69, 9.17) is 9.47 Å². The Morgan fingerprint density at radius 1 is 1.12 bits per heavy atom. The van der Waals surface area contributed by atoms with Crippen LogP contribution in [0.5, 0.6) is 11.5 Å². The van der Waals surface area contributed by atoms with Crippen molar-refractivity contribution in [3.8, 4) is 11.5 Å². The molecule has 136 valence electrons. The van der Waals surface area contributed by atoms with E-state index < -0.39 is 6.03 Å². The van der Waals surface area contributed by atoms with Crippen LogP contribution in [0, 0.1) is 11.8 Å². The average molecular weight is 347 g/mol. The number of ether oxygens (including phenoxy) is 2. The van der Waals surface area contributed by atoms with Crippen molar-refractivity contribution in [2.75, 3.05) is 38.2 Å². The predicted octanol–water partition coefficient (Wildman–Crippen LogP) is 2.08. The van der Waals surface area contributed by atoms with Gasteiger partial charge in [0.15, 0.2) is 11.5 Å². The van der Waals surface area contributed by atoms with Gasteiger partial charge in [-0.15, -0.1) is 0 Å². The molecule has 0 bridgehead atoms. The molecule has 2 aliphatic rings. The fourth-order valence-electron chi connectivity index (χ4n) is 3.57. The summed E-state index contributed by atoms with van der Waals surface area (Å²) >= 11 is 0. The van der Waals surface area contributed by atoms with Crippen molar-refractivity contribution in [1.82, 2.24) is 10.2 Å². The topological polar surface area (TPSA) is 79.9 Å². The third-order valence-corrected chi connectivity index (χ3v) is 4.36. The lowest BCUT2D eigenvalue weighted by molar-refractivity contribution is -0.121. The van der Waals surface area contributed by atoms with Crippen LogP contribution in [0.15, 0.2) is 18.2 Å². The molecule has 7 heteroatoms. The summed E-state index contributed by atoms with van der Waals surface area (Å²) in [6, 6.07) is 4.60. The molecule has 1 aromatic rings. The Balaban J connectivity index is 1.49. The molecule has 3 amide bonds. The summed E-state index contributed by atoms with van der Waals surface area (Å²) in [6.45, 7) is 7.40. The zero-order valence-electron chi connectivity index (χ0n) is 14.7.